The van der Waals surface area contributed by atoms with E-state index in [0.29, 0.717) is 49.1 Å². The van der Waals surface area contributed by atoms with Gasteiger partial charge >= 0.3 is 0 Å². The second-order valence-electron chi connectivity index (χ2n) is 5.22. The third kappa shape index (κ3) is 3.39. The molecule has 0 fully saturated rings. The third-order valence-electron chi connectivity index (χ3n) is 3.62. The zero-order valence-electron chi connectivity index (χ0n) is 12.8. The van der Waals surface area contributed by atoms with Gasteiger partial charge in [0.1, 0.15) is 18.1 Å². The van der Waals surface area contributed by atoms with Crippen molar-refractivity contribution in [3.8, 4) is 11.5 Å². The summed E-state index contributed by atoms with van der Waals surface area (Å²) in [5.74, 6) is 1.01. The van der Waals surface area contributed by atoms with Crippen LogP contribution >= 0.6 is 11.3 Å². The van der Waals surface area contributed by atoms with E-state index < -0.39 is 0 Å². The van der Waals surface area contributed by atoms with Crippen molar-refractivity contribution in [3.63, 3.8) is 0 Å². The van der Waals surface area contributed by atoms with Crippen LogP contribution in [0.2, 0.25) is 0 Å². The highest BCUT2D eigenvalue weighted by Crippen LogP contribution is 2.39. The molecule has 0 atom stereocenters. The van der Waals surface area contributed by atoms with Gasteiger partial charge in [0.2, 0.25) is 0 Å². The number of amides is 1. The molecule has 122 valence electrons. The lowest BCUT2D eigenvalue weighted by Gasteiger charge is -2.15. The fourth-order valence-corrected chi connectivity index (χ4v) is 3.29. The quantitative estimate of drug-likeness (QED) is 0.847. The molecule has 0 aliphatic carbocycles. The summed E-state index contributed by atoms with van der Waals surface area (Å²) in [7, 11) is 0. The summed E-state index contributed by atoms with van der Waals surface area (Å²) < 4.78 is 12.6. The zero-order chi connectivity index (χ0) is 16.2. The lowest BCUT2D eigenvalue weighted by Crippen LogP contribution is -2.27. The van der Waals surface area contributed by atoms with Gasteiger partial charge in [-0.2, -0.15) is 0 Å². The normalized spacial score (nSPS) is 12.9. The molecule has 0 spiro atoms. The van der Waals surface area contributed by atoms with Crippen LogP contribution in [0.5, 0.6) is 11.5 Å². The van der Waals surface area contributed by atoms with Crippen LogP contribution in [-0.2, 0) is 6.54 Å². The van der Waals surface area contributed by atoms with Gasteiger partial charge in [-0.1, -0.05) is 6.07 Å². The van der Waals surface area contributed by atoms with Crippen molar-refractivity contribution >= 4 is 17.2 Å². The number of thiophene rings is 1. The molecule has 0 bridgehead atoms. The standard InChI is InChI=1S/C16H18N2O4S/c1-11-4-2-5-13(19)18(11)7-3-6-17-16(20)15-14-12(10-23-15)21-8-9-22-14/h2,4-5,10H,3,6-9H2,1H3,(H,17,20). The van der Waals surface area contributed by atoms with E-state index in [1.54, 1.807) is 22.1 Å². The van der Waals surface area contributed by atoms with E-state index in [-0.39, 0.29) is 11.5 Å². The first kappa shape index (κ1) is 15.6. The van der Waals surface area contributed by atoms with Crippen molar-refractivity contribution < 1.29 is 14.3 Å². The van der Waals surface area contributed by atoms with Crippen molar-refractivity contribution in [1.29, 1.82) is 0 Å². The summed E-state index contributed by atoms with van der Waals surface area (Å²) in [6, 6.07) is 5.19. The van der Waals surface area contributed by atoms with E-state index in [1.807, 2.05) is 13.0 Å². The smallest absolute Gasteiger partial charge is 0.265 e. The Balaban J connectivity index is 1.54. The fraction of sp³-hybridized carbons (Fsp3) is 0.375. The number of nitrogens with zero attached hydrogens (tertiary/aromatic N) is 1. The van der Waals surface area contributed by atoms with E-state index in [2.05, 4.69) is 5.32 Å². The van der Waals surface area contributed by atoms with Gasteiger partial charge in [-0.3, -0.25) is 9.59 Å². The molecule has 2 aromatic rings. The van der Waals surface area contributed by atoms with Crippen molar-refractivity contribution in [3.05, 3.63) is 44.5 Å². The predicted octanol–water partition coefficient (Wildman–Crippen LogP) is 1.81. The molecular formula is C16H18N2O4S. The van der Waals surface area contributed by atoms with Crippen LogP contribution in [0.3, 0.4) is 0 Å². The van der Waals surface area contributed by atoms with Gasteiger partial charge in [-0.05, 0) is 19.4 Å². The van der Waals surface area contributed by atoms with Crippen molar-refractivity contribution in [1.82, 2.24) is 9.88 Å². The van der Waals surface area contributed by atoms with Crippen LogP contribution in [0.1, 0.15) is 21.8 Å². The number of pyridine rings is 1. The average Bonchev–Trinajstić information content (AvgIpc) is 2.97. The second-order valence-corrected chi connectivity index (χ2v) is 6.10. The Bertz CT molecular complexity index is 766. The molecule has 6 nitrogen and oxygen atoms in total. The summed E-state index contributed by atoms with van der Waals surface area (Å²) in [4.78, 5) is 24.5. The molecule has 3 rings (SSSR count). The largest absolute Gasteiger partial charge is 0.485 e. The SMILES string of the molecule is Cc1cccc(=O)n1CCCNC(=O)c1scc2c1OCCO2. The zero-order valence-corrected chi connectivity index (χ0v) is 13.6. The maximum Gasteiger partial charge on any atom is 0.265 e. The molecule has 1 amide bonds. The van der Waals surface area contributed by atoms with Gasteiger partial charge in [0.15, 0.2) is 11.5 Å². The van der Waals surface area contributed by atoms with Crippen LogP contribution in [0, 0.1) is 6.92 Å². The Morgan fingerprint density at radius 1 is 1.35 bits per heavy atom. The van der Waals surface area contributed by atoms with Crippen LogP contribution < -0.4 is 20.3 Å². The highest BCUT2D eigenvalue weighted by Gasteiger charge is 2.23. The lowest BCUT2D eigenvalue weighted by molar-refractivity contribution is 0.0947. The van der Waals surface area contributed by atoms with E-state index >= 15 is 0 Å². The summed E-state index contributed by atoms with van der Waals surface area (Å²) in [5.41, 5.74) is 0.899. The second kappa shape index (κ2) is 6.87. The van der Waals surface area contributed by atoms with Crippen LogP contribution in [0.25, 0.3) is 0 Å². The Kier molecular flexibility index (Phi) is 4.66. The highest BCUT2D eigenvalue weighted by molar-refractivity contribution is 7.12. The van der Waals surface area contributed by atoms with Gasteiger partial charge in [-0.15, -0.1) is 11.3 Å². The van der Waals surface area contributed by atoms with E-state index in [4.69, 9.17) is 9.47 Å². The van der Waals surface area contributed by atoms with Crippen molar-refractivity contribution in [2.75, 3.05) is 19.8 Å². The number of aromatic nitrogens is 1. The van der Waals surface area contributed by atoms with Crippen molar-refractivity contribution in [2.24, 2.45) is 0 Å². The summed E-state index contributed by atoms with van der Waals surface area (Å²) >= 11 is 1.32. The lowest BCUT2D eigenvalue weighted by atomic mass is 10.3. The predicted molar refractivity (Wildman–Crippen MR) is 87.7 cm³/mol. The first-order chi connectivity index (χ1) is 11.2. The molecule has 1 N–H and O–H groups in total. The molecule has 3 heterocycles. The minimum atomic E-state index is -0.168. The first-order valence-electron chi connectivity index (χ1n) is 7.48. The molecule has 7 heteroatoms. The number of carbonyl (C=O) groups excluding carboxylic acids is 1. The fourth-order valence-electron chi connectivity index (χ4n) is 2.45. The maximum atomic E-state index is 12.2. The number of aryl methyl sites for hydroxylation is 1. The van der Waals surface area contributed by atoms with Crippen molar-refractivity contribution in [2.45, 2.75) is 19.9 Å². The Morgan fingerprint density at radius 2 is 2.17 bits per heavy atom. The van der Waals surface area contributed by atoms with Crippen LogP contribution in [0.15, 0.2) is 28.4 Å². The number of carbonyl (C=O) groups is 1. The minimum absolute atomic E-state index is 0.0193. The van der Waals surface area contributed by atoms with Gasteiger partial charge in [0.25, 0.3) is 11.5 Å². The molecule has 0 unspecified atom stereocenters. The summed E-state index contributed by atoms with van der Waals surface area (Å²) in [6.45, 7) is 3.94. The van der Waals surface area contributed by atoms with Crippen LogP contribution in [0.4, 0.5) is 0 Å². The molecule has 0 saturated heterocycles. The number of fused-ring (bicyclic) bond motifs is 1. The van der Waals surface area contributed by atoms with Gasteiger partial charge < -0.3 is 19.4 Å². The minimum Gasteiger partial charge on any atom is -0.485 e. The number of nitrogens with one attached hydrogen (secondary N) is 1. The molecule has 0 aromatic carbocycles. The summed E-state index contributed by atoms with van der Waals surface area (Å²) in [5, 5.41) is 4.65. The number of rotatable bonds is 5. The van der Waals surface area contributed by atoms with E-state index in [0.717, 1.165) is 5.69 Å². The highest BCUT2D eigenvalue weighted by atomic mass is 32.1. The third-order valence-corrected chi connectivity index (χ3v) is 4.56. The first-order valence-corrected chi connectivity index (χ1v) is 8.36. The van der Waals surface area contributed by atoms with Gasteiger partial charge in [0.05, 0.1) is 0 Å². The topological polar surface area (TPSA) is 69.6 Å². The average molecular weight is 334 g/mol. The molecule has 1 aliphatic heterocycles. The Morgan fingerprint density at radius 3 is 3.00 bits per heavy atom. The van der Waals surface area contributed by atoms with E-state index in [9.17, 15) is 9.59 Å². The maximum absolute atomic E-state index is 12.2. The van der Waals surface area contributed by atoms with Crippen LogP contribution in [-0.4, -0.2) is 30.2 Å². The Hall–Kier alpha value is -2.28. The number of hydrogen-bond donors (Lipinski definition) is 1. The molecule has 2 aromatic heterocycles. The number of hydrogen-bond acceptors (Lipinski definition) is 5. The van der Waals surface area contributed by atoms with Gasteiger partial charge in [-0.25, -0.2) is 0 Å². The summed E-state index contributed by atoms with van der Waals surface area (Å²) in [6.07, 6.45) is 0.682. The molecule has 0 radical (unpaired) electrons. The van der Waals surface area contributed by atoms with Gasteiger partial charge in [0, 0.05) is 30.2 Å². The molecule has 1 aliphatic rings. The Labute approximate surface area is 137 Å². The molecular weight excluding hydrogens is 316 g/mol. The number of ether oxygens (including phenoxy) is 2. The van der Waals surface area contributed by atoms with E-state index in [1.165, 1.54) is 11.3 Å². The molecule has 23 heavy (non-hydrogen) atoms. The molecule has 0 saturated carbocycles. The monoisotopic (exact) mass is 334 g/mol.